The maximum atomic E-state index is 15.3. The first-order chi connectivity index (χ1) is 16.7. The van der Waals surface area contributed by atoms with E-state index in [1.54, 1.807) is 13.8 Å². The zero-order chi connectivity index (χ0) is 25.4. The standard InChI is InChI=1S/C26H20F6O3/c1-3-5-12-6-10-17(23(30)20(12)27)35-26(33)15-8-7-13-14-9-11-16(34-4-2)22(29)19(14)25(32)24(31)18(13)21(15)28/h6-11,24-25H,3-5H2,1-2H3. The van der Waals surface area contributed by atoms with E-state index in [1.807, 2.05) is 0 Å². The molecule has 9 heteroatoms. The number of benzene rings is 3. The second kappa shape index (κ2) is 9.64. The van der Waals surface area contributed by atoms with E-state index in [0.29, 0.717) is 6.42 Å². The van der Waals surface area contributed by atoms with Crippen LogP contribution >= 0.6 is 0 Å². The number of hydrogen-bond acceptors (Lipinski definition) is 3. The fraction of sp³-hybridized carbons (Fsp3) is 0.269. The van der Waals surface area contributed by atoms with Crippen LogP contribution in [0.3, 0.4) is 0 Å². The molecular formula is C26H20F6O3. The van der Waals surface area contributed by atoms with Gasteiger partial charge in [-0.25, -0.2) is 26.7 Å². The Balaban J connectivity index is 1.73. The lowest BCUT2D eigenvalue weighted by Crippen LogP contribution is -2.19. The summed E-state index contributed by atoms with van der Waals surface area (Å²) < 4.78 is 98.5. The van der Waals surface area contributed by atoms with Crippen LogP contribution in [0.1, 0.15) is 59.7 Å². The summed E-state index contributed by atoms with van der Waals surface area (Å²) in [6.45, 7) is 3.46. The third-order valence-electron chi connectivity index (χ3n) is 5.79. The van der Waals surface area contributed by atoms with Gasteiger partial charge in [0.25, 0.3) is 0 Å². The van der Waals surface area contributed by atoms with Gasteiger partial charge in [-0.15, -0.1) is 0 Å². The average Bonchev–Trinajstić information content (AvgIpc) is 2.83. The number of carbonyl (C=O) groups is 1. The van der Waals surface area contributed by atoms with E-state index in [1.165, 1.54) is 18.2 Å². The maximum Gasteiger partial charge on any atom is 0.346 e. The topological polar surface area (TPSA) is 35.5 Å². The molecule has 35 heavy (non-hydrogen) atoms. The van der Waals surface area contributed by atoms with Crippen LogP contribution in [-0.2, 0) is 6.42 Å². The van der Waals surface area contributed by atoms with Crippen LogP contribution in [0.2, 0.25) is 0 Å². The van der Waals surface area contributed by atoms with Crippen LogP contribution in [0.4, 0.5) is 26.3 Å². The largest absolute Gasteiger partial charge is 0.491 e. The predicted octanol–water partition coefficient (Wildman–Crippen LogP) is 7.52. The van der Waals surface area contributed by atoms with E-state index in [4.69, 9.17) is 9.47 Å². The van der Waals surface area contributed by atoms with Crippen molar-refractivity contribution in [3.8, 4) is 22.6 Å². The Hall–Kier alpha value is -3.49. The summed E-state index contributed by atoms with van der Waals surface area (Å²) in [4.78, 5) is 12.6. The SMILES string of the molecule is CCCc1ccc(OC(=O)c2ccc3c(c2F)C(F)C(F)c2c-3ccc(OCC)c2F)c(F)c1F. The second-order valence-electron chi connectivity index (χ2n) is 7.95. The number of aryl methyl sites for hydroxylation is 1. The summed E-state index contributed by atoms with van der Waals surface area (Å²) in [6.07, 6.45) is -4.40. The molecule has 0 amide bonds. The zero-order valence-corrected chi connectivity index (χ0v) is 18.7. The highest BCUT2D eigenvalue weighted by molar-refractivity contribution is 5.93. The van der Waals surface area contributed by atoms with Gasteiger partial charge in [-0.3, -0.25) is 0 Å². The molecule has 0 spiro atoms. The molecule has 1 aliphatic carbocycles. The minimum Gasteiger partial charge on any atom is -0.491 e. The summed E-state index contributed by atoms with van der Waals surface area (Å²) >= 11 is 0. The molecule has 0 aromatic heterocycles. The highest BCUT2D eigenvalue weighted by Gasteiger charge is 2.40. The quantitative estimate of drug-likeness (QED) is 0.202. The van der Waals surface area contributed by atoms with E-state index >= 15 is 8.78 Å². The van der Waals surface area contributed by atoms with Crippen molar-refractivity contribution in [1.29, 1.82) is 0 Å². The Morgan fingerprint density at radius 1 is 0.771 bits per heavy atom. The van der Waals surface area contributed by atoms with Gasteiger partial charge >= 0.3 is 5.97 Å². The Labute approximate surface area is 197 Å². The first kappa shape index (κ1) is 24.6. The molecule has 0 radical (unpaired) electrons. The van der Waals surface area contributed by atoms with Gasteiger partial charge in [0.15, 0.2) is 35.5 Å². The summed E-state index contributed by atoms with van der Waals surface area (Å²) in [5.41, 5.74) is -2.40. The predicted molar refractivity (Wildman–Crippen MR) is 116 cm³/mol. The Morgan fingerprint density at radius 2 is 1.37 bits per heavy atom. The van der Waals surface area contributed by atoms with Crippen molar-refractivity contribution in [1.82, 2.24) is 0 Å². The number of ether oxygens (including phenoxy) is 2. The molecule has 2 unspecified atom stereocenters. The van der Waals surface area contributed by atoms with Crippen molar-refractivity contribution in [2.75, 3.05) is 6.61 Å². The van der Waals surface area contributed by atoms with E-state index < -0.39 is 64.0 Å². The third kappa shape index (κ3) is 4.13. The first-order valence-corrected chi connectivity index (χ1v) is 11.0. The van der Waals surface area contributed by atoms with Crippen molar-refractivity contribution in [2.45, 2.75) is 39.0 Å². The van der Waals surface area contributed by atoms with E-state index in [-0.39, 0.29) is 35.5 Å². The number of esters is 1. The van der Waals surface area contributed by atoms with Gasteiger partial charge in [-0.05, 0) is 48.2 Å². The second-order valence-corrected chi connectivity index (χ2v) is 7.95. The molecule has 184 valence electrons. The Morgan fingerprint density at radius 3 is 2.00 bits per heavy atom. The summed E-state index contributed by atoms with van der Waals surface area (Å²) in [5, 5.41) is 0. The van der Waals surface area contributed by atoms with Gasteiger partial charge in [0.05, 0.1) is 12.2 Å². The number of alkyl halides is 2. The van der Waals surface area contributed by atoms with Crippen LogP contribution in [0.25, 0.3) is 11.1 Å². The first-order valence-electron chi connectivity index (χ1n) is 11.0. The molecule has 3 aromatic rings. The molecule has 0 bridgehead atoms. The smallest absolute Gasteiger partial charge is 0.346 e. The van der Waals surface area contributed by atoms with Crippen molar-refractivity contribution in [3.63, 3.8) is 0 Å². The number of hydrogen-bond donors (Lipinski definition) is 0. The van der Waals surface area contributed by atoms with Crippen LogP contribution in [0.15, 0.2) is 36.4 Å². The molecule has 0 saturated heterocycles. The summed E-state index contributed by atoms with van der Waals surface area (Å²) in [5.74, 6) is -7.64. The maximum absolute atomic E-state index is 15.3. The highest BCUT2D eigenvalue weighted by Crippen LogP contribution is 2.51. The molecule has 3 aromatic carbocycles. The molecule has 4 rings (SSSR count). The molecule has 0 heterocycles. The number of fused-ring (bicyclic) bond motifs is 3. The van der Waals surface area contributed by atoms with E-state index in [0.717, 1.165) is 18.2 Å². The van der Waals surface area contributed by atoms with Gasteiger partial charge < -0.3 is 9.47 Å². The molecule has 1 aliphatic rings. The molecule has 0 fully saturated rings. The van der Waals surface area contributed by atoms with Gasteiger partial charge in [0.2, 0.25) is 5.82 Å². The number of halogens is 6. The Kier molecular flexibility index (Phi) is 6.78. The molecule has 0 saturated carbocycles. The molecule has 0 aliphatic heterocycles. The van der Waals surface area contributed by atoms with E-state index in [2.05, 4.69) is 0 Å². The van der Waals surface area contributed by atoms with Crippen LogP contribution in [0, 0.1) is 23.3 Å². The molecular weight excluding hydrogens is 474 g/mol. The summed E-state index contributed by atoms with van der Waals surface area (Å²) in [7, 11) is 0. The lowest BCUT2D eigenvalue weighted by Gasteiger charge is -2.28. The fourth-order valence-corrected chi connectivity index (χ4v) is 4.16. The minimum absolute atomic E-state index is 0.0809. The van der Waals surface area contributed by atoms with Gasteiger partial charge in [0, 0.05) is 11.1 Å². The minimum atomic E-state index is -2.64. The Bertz CT molecular complexity index is 1310. The van der Waals surface area contributed by atoms with Crippen molar-refractivity contribution in [2.24, 2.45) is 0 Å². The molecule has 3 nitrogen and oxygen atoms in total. The lowest BCUT2D eigenvalue weighted by atomic mass is 9.81. The highest BCUT2D eigenvalue weighted by atomic mass is 19.2. The summed E-state index contributed by atoms with van der Waals surface area (Å²) in [6, 6.07) is 6.80. The van der Waals surface area contributed by atoms with Crippen molar-refractivity contribution >= 4 is 5.97 Å². The van der Waals surface area contributed by atoms with Crippen molar-refractivity contribution < 1.29 is 40.6 Å². The lowest BCUT2D eigenvalue weighted by molar-refractivity contribution is 0.0720. The fourth-order valence-electron chi connectivity index (χ4n) is 4.16. The van der Waals surface area contributed by atoms with Crippen LogP contribution in [0.5, 0.6) is 11.5 Å². The number of carbonyl (C=O) groups excluding carboxylic acids is 1. The van der Waals surface area contributed by atoms with Crippen LogP contribution in [-0.4, -0.2) is 12.6 Å². The average molecular weight is 494 g/mol. The van der Waals surface area contributed by atoms with Crippen LogP contribution < -0.4 is 9.47 Å². The molecule has 2 atom stereocenters. The number of rotatable bonds is 6. The molecule has 0 N–H and O–H groups in total. The van der Waals surface area contributed by atoms with Gasteiger partial charge in [0.1, 0.15) is 5.82 Å². The normalized spacial score (nSPS) is 16.5. The third-order valence-corrected chi connectivity index (χ3v) is 5.79. The van der Waals surface area contributed by atoms with Gasteiger partial charge in [-0.2, -0.15) is 4.39 Å². The monoisotopic (exact) mass is 494 g/mol. The van der Waals surface area contributed by atoms with Crippen molar-refractivity contribution in [3.05, 3.63) is 81.9 Å². The zero-order valence-electron chi connectivity index (χ0n) is 18.7. The van der Waals surface area contributed by atoms with Gasteiger partial charge in [-0.1, -0.05) is 31.5 Å². The van der Waals surface area contributed by atoms with E-state index in [9.17, 15) is 22.4 Å².